The molecule has 0 aliphatic carbocycles. The van der Waals surface area contributed by atoms with Crippen LogP contribution >= 0.6 is 0 Å². The quantitative estimate of drug-likeness (QED) is 0.824. The van der Waals surface area contributed by atoms with Crippen LogP contribution in [0.5, 0.6) is 5.88 Å². The number of ether oxygens (including phenoxy) is 2. The topological polar surface area (TPSA) is 75.7 Å². The van der Waals surface area contributed by atoms with E-state index < -0.39 is 0 Å². The van der Waals surface area contributed by atoms with E-state index in [1.807, 2.05) is 38.9 Å². The first-order valence-corrected chi connectivity index (χ1v) is 8.16. The van der Waals surface area contributed by atoms with Gasteiger partial charge < -0.3 is 25.0 Å². The standard InChI is InChI=1S/C17H28N4O3/c1-17(2,11-21(3)4)20-16(22)19-13-8-9-24-15(13)12-6-7-14(23-5)18-10-12/h6-7,10,13,15H,8-9,11H2,1-5H3,(H2,19,20,22)/t13-,15+/m0/s1. The highest BCUT2D eigenvalue weighted by Gasteiger charge is 2.32. The fourth-order valence-electron chi connectivity index (χ4n) is 3.09. The monoisotopic (exact) mass is 336 g/mol. The zero-order chi connectivity index (χ0) is 17.7. The second-order valence-corrected chi connectivity index (χ2v) is 7.04. The summed E-state index contributed by atoms with van der Waals surface area (Å²) >= 11 is 0. The van der Waals surface area contributed by atoms with Crippen LogP contribution in [-0.2, 0) is 4.74 Å². The van der Waals surface area contributed by atoms with Crippen molar-refractivity contribution in [3.63, 3.8) is 0 Å². The number of methoxy groups -OCH3 is 1. The third-order valence-corrected chi connectivity index (χ3v) is 3.87. The minimum Gasteiger partial charge on any atom is -0.481 e. The number of aromatic nitrogens is 1. The molecule has 2 atom stereocenters. The number of nitrogens with zero attached hydrogens (tertiary/aromatic N) is 2. The van der Waals surface area contributed by atoms with Crippen LogP contribution in [0.1, 0.15) is 31.9 Å². The molecule has 0 unspecified atom stereocenters. The highest BCUT2D eigenvalue weighted by atomic mass is 16.5. The SMILES string of the molecule is COc1ccc([C@H]2OCC[C@@H]2NC(=O)NC(C)(C)CN(C)C)cn1. The number of urea groups is 1. The Bertz CT molecular complexity index is 545. The van der Waals surface area contributed by atoms with Crippen LogP contribution in [0.25, 0.3) is 0 Å². The first kappa shape index (κ1) is 18.5. The summed E-state index contributed by atoms with van der Waals surface area (Å²) < 4.78 is 10.9. The van der Waals surface area contributed by atoms with Gasteiger partial charge in [-0.25, -0.2) is 9.78 Å². The van der Waals surface area contributed by atoms with E-state index in [4.69, 9.17) is 9.47 Å². The summed E-state index contributed by atoms with van der Waals surface area (Å²) in [4.78, 5) is 18.6. The summed E-state index contributed by atoms with van der Waals surface area (Å²) in [5, 5.41) is 6.05. The maximum atomic E-state index is 12.3. The van der Waals surface area contributed by atoms with E-state index in [1.54, 1.807) is 19.4 Å². The highest BCUT2D eigenvalue weighted by Crippen LogP contribution is 2.29. The molecule has 2 N–H and O–H groups in total. The van der Waals surface area contributed by atoms with E-state index in [0.29, 0.717) is 12.5 Å². The predicted octanol–water partition coefficient (Wildman–Crippen LogP) is 1.56. The summed E-state index contributed by atoms with van der Waals surface area (Å²) in [6.07, 6.45) is 2.32. The van der Waals surface area contributed by atoms with Gasteiger partial charge in [0.15, 0.2) is 0 Å². The Hall–Kier alpha value is -1.86. The van der Waals surface area contributed by atoms with Gasteiger partial charge >= 0.3 is 6.03 Å². The molecule has 24 heavy (non-hydrogen) atoms. The fourth-order valence-corrected chi connectivity index (χ4v) is 3.09. The van der Waals surface area contributed by atoms with Crippen molar-refractivity contribution < 1.29 is 14.3 Å². The molecule has 2 amide bonds. The first-order chi connectivity index (χ1) is 11.3. The van der Waals surface area contributed by atoms with Gasteiger partial charge in [0, 0.05) is 36.5 Å². The number of hydrogen-bond donors (Lipinski definition) is 2. The molecule has 1 saturated heterocycles. The van der Waals surface area contributed by atoms with Crippen LogP contribution in [0, 0.1) is 0 Å². The molecule has 1 aromatic heterocycles. The van der Waals surface area contributed by atoms with Crippen LogP contribution < -0.4 is 15.4 Å². The number of carbonyl (C=O) groups excluding carboxylic acids is 1. The van der Waals surface area contributed by atoms with Gasteiger partial charge in [0.2, 0.25) is 5.88 Å². The van der Waals surface area contributed by atoms with Crippen LogP contribution in [0.2, 0.25) is 0 Å². The normalized spacial score (nSPS) is 20.9. The summed E-state index contributed by atoms with van der Waals surface area (Å²) in [5.74, 6) is 0.560. The molecule has 2 rings (SSSR count). The van der Waals surface area contributed by atoms with E-state index in [9.17, 15) is 4.79 Å². The lowest BCUT2D eigenvalue weighted by atomic mass is 10.0. The van der Waals surface area contributed by atoms with E-state index in [0.717, 1.165) is 18.5 Å². The zero-order valence-electron chi connectivity index (χ0n) is 15.1. The van der Waals surface area contributed by atoms with Crippen molar-refractivity contribution in [2.75, 3.05) is 34.4 Å². The molecule has 2 heterocycles. The van der Waals surface area contributed by atoms with Gasteiger partial charge in [-0.15, -0.1) is 0 Å². The summed E-state index contributed by atoms with van der Waals surface area (Å²) in [6.45, 7) is 5.38. The largest absolute Gasteiger partial charge is 0.481 e. The number of nitrogens with one attached hydrogen (secondary N) is 2. The number of likely N-dealkylation sites (N-methyl/N-ethyl adjacent to an activating group) is 1. The Kier molecular flexibility index (Phi) is 6.01. The zero-order valence-corrected chi connectivity index (χ0v) is 15.1. The Morgan fingerprint density at radius 2 is 2.21 bits per heavy atom. The van der Waals surface area contributed by atoms with E-state index in [-0.39, 0.29) is 23.7 Å². The minimum absolute atomic E-state index is 0.0737. The van der Waals surface area contributed by atoms with E-state index in [2.05, 4.69) is 15.6 Å². The lowest BCUT2D eigenvalue weighted by Gasteiger charge is -2.30. The summed E-state index contributed by atoms with van der Waals surface area (Å²) in [5.41, 5.74) is 0.621. The lowest BCUT2D eigenvalue weighted by molar-refractivity contribution is 0.0991. The molecule has 7 nitrogen and oxygen atoms in total. The molecule has 1 aromatic rings. The van der Waals surface area contributed by atoms with Gasteiger partial charge in [-0.1, -0.05) is 0 Å². The van der Waals surface area contributed by atoms with Crippen molar-refractivity contribution >= 4 is 6.03 Å². The Morgan fingerprint density at radius 3 is 2.79 bits per heavy atom. The van der Waals surface area contributed by atoms with Gasteiger partial charge in [0.05, 0.1) is 13.2 Å². The Morgan fingerprint density at radius 1 is 1.46 bits per heavy atom. The van der Waals surface area contributed by atoms with Crippen LogP contribution in [0.15, 0.2) is 18.3 Å². The molecular formula is C17H28N4O3. The Balaban J connectivity index is 1.96. The second kappa shape index (κ2) is 7.81. The van der Waals surface area contributed by atoms with Gasteiger partial charge in [-0.05, 0) is 40.4 Å². The number of amides is 2. The van der Waals surface area contributed by atoms with Crippen LogP contribution in [0.4, 0.5) is 4.79 Å². The van der Waals surface area contributed by atoms with Crippen LogP contribution in [-0.4, -0.2) is 61.9 Å². The number of carbonyl (C=O) groups is 1. The maximum absolute atomic E-state index is 12.3. The summed E-state index contributed by atoms with van der Waals surface area (Å²) in [7, 11) is 5.55. The van der Waals surface area contributed by atoms with Gasteiger partial charge in [0.1, 0.15) is 6.10 Å². The van der Waals surface area contributed by atoms with E-state index in [1.165, 1.54) is 0 Å². The molecule has 134 valence electrons. The average molecular weight is 336 g/mol. The van der Waals surface area contributed by atoms with Crippen molar-refractivity contribution in [2.45, 2.75) is 38.0 Å². The van der Waals surface area contributed by atoms with Crippen LogP contribution in [0.3, 0.4) is 0 Å². The summed E-state index contributed by atoms with van der Waals surface area (Å²) in [6, 6.07) is 3.47. The molecule has 7 heteroatoms. The van der Waals surface area contributed by atoms with Crippen molar-refractivity contribution in [3.8, 4) is 5.88 Å². The molecule has 0 spiro atoms. The molecule has 0 radical (unpaired) electrons. The first-order valence-electron chi connectivity index (χ1n) is 8.16. The van der Waals surface area contributed by atoms with E-state index >= 15 is 0 Å². The number of pyridine rings is 1. The second-order valence-electron chi connectivity index (χ2n) is 7.04. The fraction of sp³-hybridized carbons (Fsp3) is 0.647. The van der Waals surface area contributed by atoms with Crippen molar-refractivity contribution in [1.29, 1.82) is 0 Å². The van der Waals surface area contributed by atoms with Gasteiger partial charge in [-0.3, -0.25) is 0 Å². The molecular weight excluding hydrogens is 308 g/mol. The molecule has 0 aromatic carbocycles. The maximum Gasteiger partial charge on any atom is 0.315 e. The molecule has 1 aliphatic rings. The molecule has 1 aliphatic heterocycles. The Labute approximate surface area is 143 Å². The van der Waals surface area contributed by atoms with Crippen molar-refractivity contribution in [1.82, 2.24) is 20.5 Å². The molecule has 0 saturated carbocycles. The highest BCUT2D eigenvalue weighted by molar-refractivity contribution is 5.75. The van der Waals surface area contributed by atoms with Gasteiger partial charge in [-0.2, -0.15) is 0 Å². The third-order valence-electron chi connectivity index (χ3n) is 3.87. The van der Waals surface area contributed by atoms with Crippen molar-refractivity contribution in [3.05, 3.63) is 23.9 Å². The average Bonchev–Trinajstić information content (AvgIpc) is 2.93. The predicted molar refractivity (Wildman–Crippen MR) is 92.2 cm³/mol. The molecule has 0 bridgehead atoms. The van der Waals surface area contributed by atoms with Gasteiger partial charge in [0.25, 0.3) is 0 Å². The number of hydrogen-bond acceptors (Lipinski definition) is 5. The van der Waals surface area contributed by atoms with Crippen molar-refractivity contribution in [2.24, 2.45) is 0 Å². The lowest BCUT2D eigenvalue weighted by Crippen LogP contribution is -2.55. The molecule has 1 fully saturated rings. The minimum atomic E-state index is -0.315. The third kappa shape index (κ3) is 5.07. The number of rotatable bonds is 6. The smallest absolute Gasteiger partial charge is 0.315 e.